The molecule has 5 heteroatoms. The summed E-state index contributed by atoms with van der Waals surface area (Å²) in [5.74, 6) is -0.0140. The highest BCUT2D eigenvalue weighted by Gasteiger charge is 1.94. The van der Waals surface area contributed by atoms with E-state index in [-0.39, 0.29) is 5.75 Å². The number of halogens is 1. The third kappa shape index (κ3) is 2.04. The van der Waals surface area contributed by atoms with Gasteiger partial charge in [0.25, 0.3) is 0 Å². The highest BCUT2D eigenvalue weighted by Crippen LogP contribution is 2.24. The lowest BCUT2D eigenvalue weighted by atomic mass is 10.3. The van der Waals surface area contributed by atoms with Crippen molar-refractivity contribution in [3.63, 3.8) is 0 Å². The van der Waals surface area contributed by atoms with Crippen molar-refractivity contribution in [1.29, 1.82) is 0 Å². The van der Waals surface area contributed by atoms with E-state index in [1.807, 2.05) is 0 Å². The molecule has 1 rings (SSSR count). The van der Waals surface area contributed by atoms with Crippen molar-refractivity contribution in [2.75, 3.05) is 0 Å². The van der Waals surface area contributed by atoms with Gasteiger partial charge in [-0.2, -0.15) is 0 Å². The lowest BCUT2D eigenvalue weighted by Crippen LogP contribution is -1.65. The number of phenolic OH excluding ortho intramolecular Hbond substituents is 1. The van der Waals surface area contributed by atoms with Crippen LogP contribution >= 0.6 is 11.6 Å². The van der Waals surface area contributed by atoms with Crippen LogP contribution in [0.5, 0.6) is 5.75 Å². The van der Waals surface area contributed by atoms with Crippen molar-refractivity contribution >= 4 is 17.3 Å². The van der Waals surface area contributed by atoms with E-state index in [0.717, 1.165) is 0 Å². The summed E-state index contributed by atoms with van der Waals surface area (Å²) in [5.41, 5.74) is 8.34. The smallest absolute Gasteiger partial charge is 0.117 e. The van der Waals surface area contributed by atoms with Crippen LogP contribution in [-0.4, -0.2) is 5.11 Å². The van der Waals surface area contributed by atoms with Gasteiger partial charge >= 0.3 is 0 Å². The molecule has 0 saturated heterocycles. The summed E-state index contributed by atoms with van der Waals surface area (Å²) < 4.78 is 0. The van der Waals surface area contributed by atoms with E-state index in [4.69, 9.17) is 22.2 Å². The summed E-state index contributed by atoms with van der Waals surface area (Å²) in [4.78, 5) is 2.54. The summed E-state index contributed by atoms with van der Waals surface area (Å²) in [6, 6.07) is 4.14. The fraction of sp³-hybridized carbons (Fsp3) is 0. The fourth-order valence-corrected chi connectivity index (χ4v) is 0.892. The molecule has 0 spiro atoms. The topological polar surface area (TPSA) is 69.0 Å². The van der Waals surface area contributed by atoms with Crippen LogP contribution in [0.3, 0.4) is 0 Å². The minimum Gasteiger partial charge on any atom is -0.508 e. The molecule has 0 radical (unpaired) electrons. The van der Waals surface area contributed by atoms with Gasteiger partial charge in [0.1, 0.15) is 5.75 Å². The van der Waals surface area contributed by atoms with Crippen molar-refractivity contribution in [2.45, 2.75) is 0 Å². The number of rotatable bonds is 1. The zero-order chi connectivity index (χ0) is 8.27. The van der Waals surface area contributed by atoms with Crippen molar-refractivity contribution in [2.24, 2.45) is 5.11 Å². The number of hydrogen-bond donors (Lipinski definition) is 1. The summed E-state index contributed by atoms with van der Waals surface area (Å²) in [5, 5.41) is 12.6. The predicted molar refractivity (Wildman–Crippen MR) is 41.9 cm³/mol. The maximum Gasteiger partial charge on any atom is 0.117 e. The molecule has 0 aromatic heterocycles. The maximum atomic E-state index is 8.95. The third-order valence-corrected chi connectivity index (χ3v) is 1.25. The third-order valence-electron chi connectivity index (χ3n) is 1.03. The quantitative estimate of drug-likeness (QED) is 0.392. The van der Waals surface area contributed by atoms with Crippen molar-refractivity contribution in [1.82, 2.24) is 0 Å². The Morgan fingerprint density at radius 1 is 1.45 bits per heavy atom. The monoisotopic (exact) mass is 169 g/mol. The molecule has 0 aliphatic rings. The molecule has 0 aliphatic heterocycles. The summed E-state index contributed by atoms with van der Waals surface area (Å²) in [6.07, 6.45) is 0. The van der Waals surface area contributed by atoms with Crippen LogP contribution in [0.2, 0.25) is 5.02 Å². The van der Waals surface area contributed by atoms with Gasteiger partial charge in [0, 0.05) is 15.6 Å². The molecule has 0 aliphatic carbocycles. The summed E-state index contributed by atoms with van der Waals surface area (Å²) in [6.45, 7) is 0. The van der Waals surface area contributed by atoms with Gasteiger partial charge in [0.05, 0.1) is 0 Å². The average molecular weight is 170 g/mol. The van der Waals surface area contributed by atoms with Crippen LogP contribution < -0.4 is 0 Å². The molecule has 0 saturated carbocycles. The SMILES string of the molecule is [N-]=[N+]=Nc1cc(O)cc(Cl)c1. The second kappa shape index (κ2) is 3.14. The zero-order valence-electron chi connectivity index (χ0n) is 5.40. The maximum absolute atomic E-state index is 8.95. The first-order chi connectivity index (χ1) is 5.22. The number of aromatic hydroxyl groups is 1. The van der Waals surface area contributed by atoms with E-state index < -0.39 is 0 Å². The normalized spacial score (nSPS) is 8.82. The summed E-state index contributed by atoms with van der Waals surface area (Å²) in [7, 11) is 0. The largest absolute Gasteiger partial charge is 0.508 e. The molecule has 0 amide bonds. The van der Waals surface area contributed by atoms with Crippen molar-refractivity contribution < 1.29 is 5.11 Å². The Labute approximate surface area is 67.7 Å². The second-order valence-corrected chi connectivity index (χ2v) is 2.29. The number of phenols is 1. The number of hydrogen-bond acceptors (Lipinski definition) is 2. The van der Waals surface area contributed by atoms with Gasteiger partial charge in [-0.1, -0.05) is 16.7 Å². The Morgan fingerprint density at radius 3 is 2.73 bits per heavy atom. The van der Waals surface area contributed by atoms with Crippen molar-refractivity contribution in [3.8, 4) is 5.75 Å². The lowest BCUT2D eigenvalue weighted by Gasteiger charge is -1.94. The molecule has 0 fully saturated rings. The van der Waals surface area contributed by atoms with Crippen LogP contribution in [0.4, 0.5) is 5.69 Å². The van der Waals surface area contributed by atoms with Gasteiger partial charge in [0.15, 0.2) is 0 Å². The first-order valence-corrected chi connectivity index (χ1v) is 3.15. The van der Waals surface area contributed by atoms with E-state index >= 15 is 0 Å². The average Bonchev–Trinajstić information content (AvgIpc) is 1.85. The number of nitrogens with zero attached hydrogens (tertiary/aromatic N) is 3. The zero-order valence-corrected chi connectivity index (χ0v) is 6.15. The van der Waals surface area contributed by atoms with E-state index in [1.54, 1.807) is 0 Å². The molecule has 11 heavy (non-hydrogen) atoms. The minimum absolute atomic E-state index is 0.0140. The molecular formula is C6H4ClN3O. The Balaban J connectivity index is 3.18. The molecule has 56 valence electrons. The van der Waals surface area contributed by atoms with E-state index in [2.05, 4.69) is 10.0 Å². The standard InChI is InChI=1S/C6H4ClN3O/c7-4-1-5(9-10-8)3-6(11)2-4/h1-3,11H. The molecule has 1 aromatic carbocycles. The van der Waals surface area contributed by atoms with Crippen molar-refractivity contribution in [3.05, 3.63) is 33.7 Å². The Morgan fingerprint density at radius 2 is 2.18 bits per heavy atom. The Hall–Kier alpha value is -1.38. The highest BCUT2D eigenvalue weighted by molar-refractivity contribution is 6.31. The first-order valence-electron chi connectivity index (χ1n) is 2.77. The van der Waals surface area contributed by atoms with Gasteiger partial charge in [-0.15, -0.1) is 0 Å². The first kappa shape index (κ1) is 7.72. The van der Waals surface area contributed by atoms with Crippen LogP contribution in [0.25, 0.3) is 10.4 Å². The van der Waals surface area contributed by atoms with Gasteiger partial charge < -0.3 is 5.11 Å². The Kier molecular flexibility index (Phi) is 2.21. The molecule has 0 bridgehead atoms. The molecule has 1 aromatic rings. The van der Waals surface area contributed by atoms with Crippen LogP contribution in [0.15, 0.2) is 23.3 Å². The van der Waals surface area contributed by atoms with E-state index in [0.29, 0.717) is 10.7 Å². The molecular weight excluding hydrogens is 166 g/mol. The molecule has 0 unspecified atom stereocenters. The van der Waals surface area contributed by atoms with E-state index in [1.165, 1.54) is 18.2 Å². The van der Waals surface area contributed by atoms with Gasteiger partial charge in [-0.25, -0.2) is 0 Å². The molecule has 4 nitrogen and oxygen atoms in total. The second-order valence-electron chi connectivity index (χ2n) is 1.86. The molecule has 0 heterocycles. The van der Waals surface area contributed by atoms with Gasteiger partial charge in [-0.05, 0) is 23.7 Å². The number of azide groups is 1. The molecule has 0 atom stereocenters. The van der Waals surface area contributed by atoms with E-state index in [9.17, 15) is 0 Å². The Bertz CT molecular complexity index is 299. The lowest BCUT2D eigenvalue weighted by molar-refractivity contribution is 0.475. The van der Waals surface area contributed by atoms with Crippen LogP contribution in [0.1, 0.15) is 0 Å². The highest BCUT2D eigenvalue weighted by atomic mass is 35.5. The fourth-order valence-electron chi connectivity index (χ4n) is 0.668. The molecule has 1 N–H and O–H groups in total. The van der Waals surface area contributed by atoms with Crippen LogP contribution in [0, 0.1) is 0 Å². The summed E-state index contributed by atoms with van der Waals surface area (Å²) >= 11 is 5.54. The predicted octanol–water partition coefficient (Wildman–Crippen LogP) is 2.99. The van der Waals surface area contributed by atoms with Crippen LogP contribution in [-0.2, 0) is 0 Å². The van der Waals surface area contributed by atoms with Gasteiger partial charge in [0.2, 0.25) is 0 Å². The number of benzene rings is 1. The van der Waals surface area contributed by atoms with Gasteiger partial charge in [-0.3, -0.25) is 0 Å². The minimum atomic E-state index is -0.0140.